The minimum Gasteiger partial charge on any atom is -0.508 e. The largest absolute Gasteiger partial charge is 0.508 e. The van der Waals surface area contributed by atoms with Crippen LogP contribution in [0.4, 0.5) is 5.69 Å². The molecular weight excluding hydrogens is 252 g/mol. The number of carbonyl (C=O) groups is 1. The van der Waals surface area contributed by atoms with Gasteiger partial charge in [0.1, 0.15) is 5.75 Å². The van der Waals surface area contributed by atoms with Gasteiger partial charge in [0.05, 0.1) is 6.42 Å². The second-order valence-corrected chi connectivity index (χ2v) is 4.49. The molecule has 104 valence electrons. The minimum atomic E-state index is -0.0261. The molecule has 0 bridgehead atoms. The van der Waals surface area contributed by atoms with E-state index in [0.29, 0.717) is 13.0 Å². The zero-order valence-corrected chi connectivity index (χ0v) is 11.4. The van der Waals surface area contributed by atoms with E-state index in [0.717, 1.165) is 16.8 Å². The molecule has 0 saturated heterocycles. The molecule has 2 rings (SSSR count). The summed E-state index contributed by atoms with van der Waals surface area (Å²) >= 11 is 0. The first kappa shape index (κ1) is 13.9. The molecule has 0 aliphatic rings. The first-order chi connectivity index (χ1) is 9.70. The molecule has 2 aromatic rings. The Morgan fingerprint density at radius 2 is 1.70 bits per heavy atom. The predicted octanol–water partition coefficient (Wildman–Crippen LogP) is 2.29. The molecule has 4 nitrogen and oxygen atoms in total. The molecule has 2 aromatic carbocycles. The molecular formula is C16H18N2O2. The van der Waals surface area contributed by atoms with Gasteiger partial charge in [0.15, 0.2) is 0 Å². The Morgan fingerprint density at radius 3 is 2.40 bits per heavy atom. The van der Waals surface area contributed by atoms with Gasteiger partial charge in [-0.3, -0.25) is 4.79 Å². The number of rotatable bonds is 5. The molecule has 20 heavy (non-hydrogen) atoms. The highest BCUT2D eigenvalue weighted by Crippen LogP contribution is 2.20. The number of likely N-dealkylation sites (N-methyl/N-ethyl adjacent to an activating group) is 1. The van der Waals surface area contributed by atoms with Gasteiger partial charge in [0, 0.05) is 24.8 Å². The topological polar surface area (TPSA) is 61.4 Å². The summed E-state index contributed by atoms with van der Waals surface area (Å²) < 4.78 is 0. The third-order valence-electron chi connectivity index (χ3n) is 3.11. The fourth-order valence-electron chi connectivity index (χ4n) is 1.96. The predicted molar refractivity (Wildman–Crippen MR) is 79.6 cm³/mol. The highest BCUT2D eigenvalue weighted by atomic mass is 16.3. The number of carbonyl (C=O) groups excluding carboxylic acids is 1. The van der Waals surface area contributed by atoms with Gasteiger partial charge < -0.3 is 15.7 Å². The molecule has 3 N–H and O–H groups in total. The van der Waals surface area contributed by atoms with E-state index in [1.165, 1.54) is 0 Å². The number of amides is 1. The molecule has 0 spiro atoms. The Kier molecular flexibility index (Phi) is 4.60. The molecule has 0 aliphatic heterocycles. The first-order valence-corrected chi connectivity index (χ1v) is 6.50. The number of phenols is 1. The first-order valence-electron chi connectivity index (χ1n) is 6.50. The van der Waals surface area contributed by atoms with Crippen molar-refractivity contribution in [3.8, 4) is 5.75 Å². The summed E-state index contributed by atoms with van der Waals surface area (Å²) in [5, 5.41) is 15.6. The molecule has 0 saturated carbocycles. The van der Waals surface area contributed by atoms with Crippen LogP contribution in [0.1, 0.15) is 11.1 Å². The second kappa shape index (κ2) is 6.61. The van der Waals surface area contributed by atoms with Gasteiger partial charge >= 0.3 is 0 Å². The Labute approximate surface area is 118 Å². The zero-order valence-electron chi connectivity index (χ0n) is 11.4. The maximum atomic E-state index is 11.5. The summed E-state index contributed by atoms with van der Waals surface area (Å²) in [7, 11) is 1.63. The standard InChI is InChI=1S/C16H18N2O2/c1-17-16(20)10-12-6-2-4-8-14(12)18-11-13-7-3-5-9-15(13)19/h2-9,18-19H,10-11H2,1H3,(H,17,20). The van der Waals surface area contributed by atoms with Crippen LogP contribution in [0.3, 0.4) is 0 Å². The van der Waals surface area contributed by atoms with Crippen molar-refractivity contribution in [2.45, 2.75) is 13.0 Å². The summed E-state index contributed by atoms with van der Waals surface area (Å²) in [4.78, 5) is 11.5. The van der Waals surface area contributed by atoms with Crippen molar-refractivity contribution in [2.24, 2.45) is 0 Å². The van der Waals surface area contributed by atoms with Crippen LogP contribution in [-0.4, -0.2) is 18.1 Å². The van der Waals surface area contributed by atoms with E-state index in [1.807, 2.05) is 36.4 Å². The van der Waals surface area contributed by atoms with E-state index in [4.69, 9.17) is 0 Å². The van der Waals surface area contributed by atoms with Gasteiger partial charge in [0.2, 0.25) is 5.91 Å². The summed E-state index contributed by atoms with van der Waals surface area (Å²) in [6.45, 7) is 0.511. The lowest BCUT2D eigenvalue weighted by molar-refractivity contribution is -0.119. The Morgan fingerprint density at radius 1 is 1.05 bits per heavy atom. The highest BCUT2D eigenvalue weighted by Gasteiger charge is 2.07. The van der Waals surface area contributed by atoms with E-state index < -0.39 is 0 Å². The van der Waals surface area contributed by atoms with Crippen molar-refractivity contribution in [2.75, 3.05) is 12.4 Å². The molecule has 0 radical (unpaired) electrons. The van der Waals surface area contributed by atoms with Crippen LogP contribution in [0, 0.1) is 0 Å². The fraction of sp³-hybridized carbons (Fsp3) is 0.188. The third-order valence-corrected chi connectivity index (χ3v) is 3.11. The van der Waals surface area contributed by atoms with E-state index in [9.17, 15) is 9.90 Å². The molecule has 1 amide bonds. The third kappa shape index (κ3) is 3.51. The smallest absolute Gasteiger partial charge is 0.224 e. The molecule has 4 heteroatoms. The fourth-order valence-corrected chi connectivity index (χ4v) is 1.96. The van der Waals surface area contributed by atoms with Gasteiger partial charge in [-0.15, -0.1) is 0 Å². The van der Waals surface area contributed by atoms with Crippen LogP contribution in [0.2, 0.25) is 0 Å². The van der Waals surface area contributed by atoms with Crippen molar-refractivity contribution >= 4 is 11.6 Å². The van der Waals surface area contributed by atoms with Crippen molar-refractivity contribution < 1.29 is 9.90 Å². The van der Waals surface area contributed by atoms with Gasteiger partial charge in [-0.1, -0.05) is 36.4 Å². The number of nitrogens with one attached hydrogen (secondary N) is 2. The van der Waals surface area contributed by atoms with Crippen LogP contribution in [-0.2, 0) is 17.8 Å². The lowest BCUT2D eigenvalue weighted by atomic mass is 10.1. The second-order valence-electron chi connectivity index (χ2n) is 4.49. The van der Waals surface area contributed by atoms with Crippen molar-refractivity contribution in [1.82, 2.24) is 5.32 Å². The number of benzene rings is 2. The van der Waals surface area contributed by atoms with Gasteiger partial charge in [-0.2, -0.15) is 0 Å². The van der Waals surface area contributed by atoms with Crippen LogP contribution in [0.15, 0.2) is 48.5 Å². The maximum absolute atomic E-state index is 11.5. The lowest BCUT2D eigenvalue weighted by Gasteiger charge is -2.12. The van der Waals surface area contributed by atoms with E-state index in [2.05, 4.69) is 10.6 Å². The van der Waals surface area contributed by atoms with Crippen LogP contribution in [0.5, 0.6) is 5.75 Å². The number of aromatic hydroxyl groups is 1. The van der Waals surface area contributed by atoms with Gasteiger partial charge in [0.25, 0.3) is 0 Å². The number of hydrogen-bond donors (Lipinski definition) is 3. The summed E-state index contributed by atoms with van der Waals surface area (Å²) in [6, 6.07) is 14.9. The maximum Gasteiger partial charge on any atom is 0.224 e. The molecule has 0 aromatic heterocycles. The monoisotopic (exact) mass is 270 g/mol. The van der Waals surface area contributed by atoms with Crippen LogP contribution in [0.25, 0.3) is 0 Å². The summed E-state index contributed by atoms with van der Waals surface area (Å²) in [5.74, 6) is 0.241. The number of hydrogen-bond acceptors (Lipinski definition) is 3. The lowest BCUT2D eigenvalue weighted by Crippen LogP contribution is -2.20. The van der Waals surface area contributed by atoms with Crippen LogP contribution >= 0.6 is 0 Å². The van der Waals surface area contributed by atoms with E-state index in [-0.39, 0.29) is 11.7 Å². The van der Waals surface area contributed by atoms with Crippen molar-refractivity contribution in [3.63, 3.8) is 0 Å². The van der Waals surface area contributed by atoms with Crippen molar-refractivity contribution in [1.29, 1.82) is 0 Å². The van der Waals surface area contributed by atoms with Crippen LogP contribution < -0.4 is 10.6 Å². The Balaban J connectivity index is 2.10. The van der Waals surface area contributed by atoms with E-state index >= 15 is 0 Å². The molecule has 0 fully saturated rings. The quantitative estimate of drug-likeness (QED) is 0.781. The number of para-hydroxylation sites is 2. The Bertz CT molecular complexity index is 597. The molecule has 0 atom stereocenters. The molecule has 0 heterocycles. The number of phenolic OH excluding ortho intramolecular Hbond substituents is 1. The summed E-state index contributed by atoms with van der Waals surface area (Å²) in [6.07, 6.45) is 0.334. The number of anilines is 1. The summed E-state index contributed by atoms with van der Waals surface area (Å²) in [5.41, 5.74) is 2.66. The average Bonchev–Trinajstić information content (AvgIpc) is 2.47. The average molecular weight is 270 g/mol. The Hall–Kier alpha value is -2.49. The normalized spacial score (nSPS) is 10.1. The SMILES string of the molecule is CNC(=O)Cc1ccccc1NCc1ccccc1O. The highest BCUT2D eigenvalue weighted by molar-refractivity contribution is 5.80. The zero-order chi connectivity index (χ0) is 14.4. The van der Waals surface area contributed by atoms with E-state index in [1.54, 1.807) is 19.2 Å². The minimum absolute atomic E-state index is 0.0261. The molecule has 0 aliphatic carbocycles. The van der Waals surface area contributed by atoms with Crippen molar-refractivity contribution in [3.05, 3.63) is 59.7 Å². The van der Waals surface area contributed by atoms with Gasteiger partial charge in [-0.05, 0) is 17.7 Å². The van der Waals surface area contributed by atoms with Gasteiger partial charge in [-0.25, -0.2) is 0 Å². The molecule has 0 unspecified atom stereocenters.